The third-order valence-corrected chi connectivity index (χ3v) is 4.69. The van der Waals surface area contributed by atoms with Crippen LogP contribution in [0.5, 0.6) is 0 Å². The third kappa shape index (κ3) is 5.40. The molecule has 0 aromatic rings. The maximum atomic E-state index is 9.11. The average molecular weight is 280 g/mol. The number of hydrogen-bond donors (Lipinski definition) is 1. The van der Waals surface area contributed by atoms with Gasteiger partial charge in [0.05, 0.1) is 6.07 Å². The minimum atomic E-state index is -0.358. The van der Waals surface area contributed by atoms with Crippen molar-refractivity contribution < 1.29 is 0 Å². The molecule has 0 amide bonds. The van der Waals surface area contributed by atoms with Crippen molar-refractivity contribution in [2.45, 2.75) is 57.5 Å². The molecule has 4 heteroatoms. The van der Waals surface area contributed by atoms with Gasteiger partial charge in [-0.05, 0) is 72.8 Å². The zero-order valence-corrected chi connectivity index (χ0v) is 13.8. The molecule has 1 rings (SSSR count). The largest absolute Gasteiger partial charge is 0.305 e. The fourth-order valence-corrected chi connectivity index (χ4v) is 3.07. The van der Waals surface area contributed by atoms with Crippen molar-refractivity contribution in [2.75, 3.05) is 40.3 Å². The number of nitriles is 1. The molecule has 116 valence electrons. The van der Waals surface area contributed by atoms with Crippen molar-refractivity contribution in [3.8, 4) is 6.07 Å². The van der Waals surface area contributed by atoms with Crippen LogP contribution >= 0.6 is 0 Å². The number of rotatable bonds is 9. The van der Waals surface area contributed by atoms with Gasteiger partial charge in [0, 0.05) is 12.6 Å². The van der Waals surface area contributed by atoms with Gasteiger partial charge in [-0.15, -0.1) is 0 Å². The highest BCUT2D eigenvalue weighted by atomic mass is 15.2. The van der Waals surface area contributed by atoms with Gasteiger partial charge in [0.1, 0.15) is 5.54 Å². The molecule has 0 aliphatic carbocycles. The summed E-state index contributed by atoms with van der Waals surface area (Å²) in [7, 11) is 4.10. The molecule has 0 bridgehead atoms. The quantitative estimate of drug-likeness (QED) is 0.657. The molecule has 2 atom stereocenters. The molecule has 1 aliphatic heterocycles. The highest BCUT2D eigenvalue weighted by Crippen LogP contribution is 2.18. The number of nitrogens with zero attached hydrogens (tertiary/aromatic N) is 3. The topological polar surface area (TPSA) is 42.3 Å². The van der Waals surface area contributed by atoms with Crippen LogP contribution in [-0.2, 0) is 0 Å². The van der Waals surface area contributed by atoms with E-state index in [0.717, 1.165) is 25.4 Å². The van der Waals surface area contributed by atoms with Crippen molar-refractivity contribution in [3.05, 3.63) is 0 Å². The minimum absolute atomic E-state index is 0.358. The standard InChI is InChI=1S/C16H32N4/c1-5-20-12-8-9-15(20)13-19(4)11-7-6-10-16(2,14-17)18-3/h15,18H,5-13H2,1-4H3. The van der Waals surface area contributed by atoms with E-state index in [1.807, 2.05) is 14.0 Å². The lowest BCUT2D eigenvalue weighted by Crippen LogP contribution is -2.39. The monoisotopic (exact) mass is 280 g/mol. The Morgan fingerprint density at radius 3 is 2.80 bits per heavy atom. The summed E-state index contributed by atoms with van der Waals surface area (Å²) < 4.78 is 0. The maximum Gasteiger partial charge on any atom is 0.103 e. The van der Waals surface area contributed by atoms with Crippen LogP contribution in [0.1, 0.15) is 46.0 Å². The summed E-state index contributed by atoms with van der Waals surface area (Å²) in [6.45, 7) is 9.03. The molecule has 1 fully saturated rings. The fraction of sp³-hybridized carbons (Fsp3) is 0.938. The SMILES string of the molecule is CCN1CCCC1CN(C)CCCCC(C)(C#N)NC. The Bertz CT molecular complexity index is 312. The maximum absolute atomic E-state index is 9.11. The summed E-state index contributed by atoms with van der Waals surface area (Å²) in [5.74, 6) is 0. The van der Waals surface area contributed by atoms with Crippen molar-refractivity contribution in [1.82, 2.24) is 15.1 Å². The zero-order valence-electron chi connectivity index (χ0n) is 13.8. The highest BCUT2D eigenvalue weighted by Gasteiger charge is 2.24. The van der Waals surface area contributed by atoms with Gasteiger partial charge in [0.15, 0.2) is 0 Å². The molecule has 0 spiro atoms. The molecular weight excluding hydrogens is 248 g/mol. The Balaban J connectivity index is 2.17. The van der Waals surface area contributed by atoms with E-state index in [1.54, 1.807) is 0 Å². The van der Waals surface area contributed by atoms with Crippen molar-refractivity contribution >= 4 is 0 Å². The summed E-state index contributed by atoms with van der Waals surface area (Å²) in [4.78, 5) is 5.06. The van der Waals surface area contributed by atoms with E-state index in [2.05, 4.69) is 35.2 Å². The van der Waals surface area contributed by atoms with Crippen LogP contribution in [0.4, 0.5) is 0 Å². The Hall–Kier alpha value is -0.630. The molecule has 0 aromatic carbocycles. The van der Waals surface area contributed by atoms with Crippen molar-refractivity contribution in [3.63, 3.8) is 0 Å². The van der Waals surface area contributed by atoms with Gasteiger partial charge in [-0.25, -0.2) is 0 Å². The first kappa shape index (κ1) is 17.4. The molecular formula is C16H32N4. The summed E-state index contributed by atoms with van der Waals surface area (Å²) in [6, 6.07) is 3.11. The van der Waals surface area contributed by atoms with E-state index in [0.29, 0.717) is 0 Å². The third-order valence-electron chi connectivity index (χ3n) is 4.69. The number of hydrogen-bond acceptors (Lipinski definition) is 4. The number of nitrogens with one attached hydrogen (secondary N) is 1. The van der Waals surface area contributed by atoms with E-state index >= 15 is 0 Å². The minimum Gasteiger partial charge on any atom is -0.305 e. The predicted molar refractivity (Wildman–Crippen MR) is 84.7 cm³/mol. The molecule has 1 saturated heterocycles. The van der Waals surface area contributed by atoms with E-state index in [-0.39, 0.29) is 5.54 Å². The van der Waals surface area contributed by atoms with Gasteiger partial charge in [-0.3, -0.25) is 4.90 Å². The molecule has 1 aliphatic rings. The van der Waals surface area contributed by atoms with Crippen molar-refractivity contribution in [1.29, 1.82) is 5.26 Å². The number of likely N-dealkylation sites (N-methyl/N-ethyl adjacent to an activating group) is 2. The summed E-state index contributed by atoms with van der Waals surface area (Å²) in [5.41, 5.74) is -0.358. The first-order valence-electron chi connectivity index (χ1n) is 8.07. The zero-order chi connectivity index (χ0) is 15.0. The van der Waals surface area contributed by atoms with E-state index in [9.17, 15) is 0 Å². The van der Waals surface area contributed by atoms with Crippen LogP contribution < -0.4 is 5.32 Å². The van der Waals surface area contributed by atoms with Crippen LogP contribution in [0, 0.1) is 11.3 Å². The first-order valence-corrected chi connectivity index (χ1v) is 8.07. The Kier molecular flexibility index (Phi) is 7.50. The molecule has 1 N–H and O–H groups in total. The van der Waals surface area contributed by atoms with Crippen molar-refractivity contribution in [2.24, 2.45) is 0 Å². The molecule has 1 heterocycles. The smallest absolute Gasteiger partial charge is 0.103 e. The molecule has 0 aromatic heterocycles. The van der Waals surface area contributed by atoms with E-state index in [1.165, 1.54) is 38.9 Å². The molecule has 4 nitrogen and oxygen atoms in total. The van der Waals surface area contributed by atoms with Crippen LogP contribution in [0.25, 0.3) is 0 Å². The van der Waals surface area contributed by atoms with E-state index < -0.39 is 0 Å². The molecule has 2 unspecified atom stereocenters. The predicted octanol–water partition coefficient (Wildman–Crippen LogP) is 2.07. The normalized spacial score (nSPS) is 22.9. The average Bonchev–Trinajstić information content (AvgIpc) is 2.90. The second kappa shape index (κ2) is 8.61. The Morgan fingerprint density at radius 1 is 1.45 bits per heavy atom. The van der Waals surface area contributed by atoms with Gasteiger partial charge >= 0.3 is 0 Å². The second-order valence-corrected chi connectivity index (χ2v) is 6.34. The lowest BCUT2D eigenvalue weighted by Gasteiger charge is -2.28. The number of unbranched alkanes of at least 4 members (excludes halogenated alkanes) is 1. The Labute approximate surface area is 125 Å². The van der Waals surface area contributed by atoms with Gasteiger partial charge in [-0.1, -0.05) is 6.92 Å². The van der Waals surface area contributed by atoms with Crippen LogP contribution in [0.3, 0.4) is 0 Å². The van der Waals surface area contributed by atoms with Crippen LogP contribution in [0.15, 0.2) is 0 Å². The summed E-state index contributed by atoms with van der Waals surface area (Å²) >= 11 is 0. The molecule has 0 saturated carbocycles. The second-order valence-electron chi connectivity index (χ2n) is 6.34. The highest BCUT2D eigenvalue weighted by molar-refractivity contribution is 5.02. The lowest BCUT2D eigenvalue weighted by molar-refractivity contribution is 0.196. The van der Waals surface area contributed by atoms with Gasteiger partial charge in [0.25, 0.3) is 0 Å². The number of likely N-dealkylation sites (tertiary alicyclic amines) is 1. The van der Waals surface area contributed by atoms with Crippen LogP contribution in [0.2, 0.25) is 0 Å². The Morgan fingerprint density at radius 2 is 2.20 bits per heavy atom. The van der Waals surface area contributed by atoms with Crippen LogP contribution in [-0.4, -0.2) is 61.7 Å². The first-order chi connectivity index (χ1) is 9.54. The van der Waals surface area contributed by atoms with Gasteiger partial charge in [0.2, 0.25) is 0 Å². The summed E-state index contributed by atoms with van der Waals surface area (Å²) in [5, 5.41) is 12.2. The molecule has 0 radical (unpaired) electrons. The van der Waals surface area contributed by atoms with Gasteiger partial charge in [-0.2, -0.15) is 5.26 Å². The molecule has 20 heavy (non-hydrogen) atoms. The summed E-state index contributed by atoms with van der Waals surface area (Å²) in [6.07, 6.45) is 5.92. The fourth-order valence-electron chi connectivity index (χ4n) is 3.07. The van der Waals surface area contributed by atoms with E-state index in [4.69, 9.17) is 5.26 Å². The van der Waals surface area contributed by atoms with Gasteiger partial charge < -0.3 is 10.2 Å². The lowest BCUT2D eigenvalue weighted by atomic mass is 9.97.